The van der Waals surface area contributed by atoms with Crippen LogP contribution in [-0.4, -0.2) is 11.5 Å². The average Bonchev–Trinajstić information content (AvgIpc) is 2.68. The van der Waals surface area contributed by atoms with Crippen molar-refractivity contribution in [3.63, 3.8) is 0 Å². The third kappa shape index (κ3) is 3.52. The van der Waals surface area contributed by atoms with Crippen molar-refractivity contribution in [2.24, 2.45) is 11.3 Å². The van der Waals surface area contributed by atoms with E-state index >= 15 is 0 Å². The third-order valence-electron chi connectivity index (χ3n) is 7.75. The number of aryl methyl sites for hydroxylation is 1. The van der Waals surface area contributed by atoms with Crippen molar-refractivity contribution >= 4 is 0 Å². The van der Waals surface area contributed by atoms with Gasteiger partial charge in [0.1, 0.15) is 0 Å². The number of nitrogens with one attached hydrogen (secondary N) is 1. The lowest BCUT2D eigenvalue weighted by Gasteiger charge is -2.55. The number of hydrogen-bond acceptors (Lipinski definition) is 2. The van der Waals surface area contributed by atoms with E-state index in [0.717, 1.165) is 19.0 Å². The molecule has 2 nitrogen and oxygen atoms in total. The summed E-state index contributed by atoms with van der Waals surface area (Å²) in [5.41, 5.74) is 6.73. The van der Waals surface area contributed by atoms with E-state index in [2.05, 4.69) is 62.3 Å². The van der Waals surface area contributed by atoms with Gasteiger partial charge in [-0.3, -0.25) is 4.98 Å². The minimum absolute atomic E-state index is 0.325. The molecule has 1 N–H and O–H groups in total. The fraction of sp³-hybridized carbons (Fsp3) is 0.577. The first-order chi connectivity index (χ1) is 13.4. The number of benzene rings is 1. The highest BCUT2D eigenvalue weighted by Crippen LogP contribution is 2.57. The molecule has 0 unspecified atom stereocenters. The number of pyridine rings is 1. The Morgan fingerprint density at radius 2 is 2.04 bits per heavy atom. The van der Waals surface area contributed by atoms with E-state index in [0.29, 0.717) is 16.7 Å². The minimum Gasteiger partial charge on any atom is -0.312 e. The Balaban J connectivity index is 1.54. The van der Waals surface area contributed by atoms with E-state index in [1.807, 2.05) is 18.5 Å². The van der Waals surface area contributed by atoms with Gasteiger partial charge in [0.15, 0.2) is 0 Å². The lowest BCUT2D eigenvalue weighted by atomic mass is 9.49. The van der Waals surface area contributed by atoms with Crippen molar-refractivity contribution in [1.29, 1.82) is 0 Å². The number of aromatic nitrogens is 1. The summed E-state index contributed by atoms with van der Waals surface area (Å²) >= 11 is 0. The van der Waals surface area contributed by atoms with Crippen LogP contribution in [0, 0.1) is 11.3 Å². The molecule has 0 radical (unpaired) electrons. The average molecular weight is 377 g/mol. The zero-order chi connectivity index (χ0) is 19.8. The maximum Gasteiger partial charge on any atom is 0.0312 e. The third-order valence-corrected chi connectivity index (χ3v) is 7.75. The topological polar surface area (TPSA) is 24.9 Å². The molecule has 1 heterocycles. The maximum atomic E-state index is 4.25. The molecule has 2 aromatic rings. The standard InChI is InChI=1S/C26H36N2/c1-19(2)21-8-10-23-22(15-21)9-11-24-25(3,12-6-13-26(23,24)4)18-28-17-20-7-5-14-27-16-20/h5,7-8,10,14-16,19,24,28H,6,9,11-13,17-18H2,1-4H3/t24-,25+,26-/m1/s1. The fourth-order valence-electron chi connectivity index (χ4n) is 6.21. The number of fused-ring (bicyclic) bond motifs is 3. The molecule has 1 fully saturated rings. The van der Waals surface area contributed by atoms with Gasteiger partial charge in [0.2, 0.25) is 0 Å². The highest BCUT2D eigenvalue weighted by molar-refractivity contribution is 5.42. The largest absolute Gasteiger partial charge is 0.312 e. The Bertz CT molecular complexity index is 812. The van der Waals surface area contributed by atoms with Crippen LogP contribution in [-0.2, 0) is 18.4 Å². The SMILES string of the molecule is CC(C)c1ccc2c(c1)CC[C@@H]1[C@](C)(CNCc3cccnc3)CCC[C@]21C. The summed E-state index contributed by atoms with van der Waals surface area (Å²) in [4.78, 5) is 4.25. The Hall–Kier alpha value is -1.67. The lowest BCUT2D eigenvalue weighted by Crippen LogP contribution is -2.52. The van der Waals surface area contributed by atoms with Gasteiger partial charge < -0.3 is 5.32 Å². The predicted octanol–water partition coefficient (Wildman–Crippen LogP) is 6.01. The van der Waals surface area contributed by atoms with Gasteiger partial charge in [0.25, 0.3) is 0 Å². The van der Waals surface area contributed by atoms with E-state index in [-0.39, 0.29) is 0 Å². The van der Waals surface area contributed by atoms with Crippen LogP contribution in [0.4, 0.5) is 0 Å². The zero-order valence-electron chi connectivity index (χ0n) is 18.1. The zero-order valence-corrected chi connectivity index (χ0v) is 18.1. The van der Waals surface area contributed by atoms with Crippen LogP contribution in [0.3, 0.4) is 0 Å². The monoisotopic (exact) mass is 376 g/mol. The molecular weight excluding hydrogens is 340 g/mol. The summed E-state index contributed by atoms with van der Waals surface area (Å²) in [7, 11) is 0. The highest BCUT2D eigenvalue weighted by Gasteiger charge is 2.51. The molecule has 2 aliphatic rings. The molecule has 150 valence electrons. The number of nitrogens with zero attached hydrogens (tertiary/aromatic N) is 1. The minimum atomic E-state index is 0.325. The fourth-order valence-corrected chi connectivity index (χ4v) is 6.21. The van der Waals surface area contributed by atoms with Crippen LogP contribution in [0.1, 0.15) is 81.5 Å². The summed E-state index contributed by atoms with van der Waals surface area (Å²) in [5.74, 6) is 1.37. The maximum absolute atomic E-state index is 4.25. The van der Waals surface area contributed by atoms with Crippen molar-refractivity contribution < 1.29 is 0 Å². The Morgan fingerprint density at radius 1 is 1.18 bits per heavy atom. The summed E-state index contributed by atoms with van der Waals surface area (Å²) in [5, 5.41) is 3.77. The summed E-state index contributed by atoms with van der Waals surface area (Å²) < 4.78 is 0. The van der Waals surface area contributed by atoms with Crippen LogP contribution in [0.5, 0.6) is 0 Å². The van der Waals surface area contributed by atoms with Crippen LogP contribution >= 0.6 is 0 Å². The molecule has 2 aliphatic carbocycles. The molecule has 0 aliphatic heterocycles. The molecule has 28 heavy (non-hydrogen) atoms. The normalized spacial score (nSPS) is 29.4. The van der Waals surface area contributed by atoms with Gasteiger partial charge in [0.05, 0.1) is 0 Å². The van der Waals surface area contributed by atoms with E-state index in [1.54, 1.807) is 11.1 Å². The Kier molecular flexibility index (Phi) is 5.35. The smallest absolute Gasteiger partial charge is 0.0312 e. The van der Waals surface area contributed by atoms with Gasteiger partial charge in [-0.2, -0.15) is 0 Å². The summed E-state index contributed by atoms with van der Waals surface area (Å²) in [6.07, 6.45) is 10.4. The predicted molar refractivity (Wildman–Crippen MR) is 118 cm³/mol. The van der Waals surface area contributed by atoms with Crippen LogP contribution < -0.4 is 5.32 Å². The van der Waals surface area contributed by atoms with E-state index < -0.39 is 0 Å². The van der Waals surface area contributed by atoms with Gasteiger partial charge in [-0.25, -0.2) is 0 Å². The molecule has 4 rings (SSSR count). The van der Waals surface area contributed by atoms with Crippen molar-refractivity contribution in [2.75, 3.05) is 6.54 Å². The molecule has 1 aromatic heterocycles. The quantitative estimate of drug-likeness (QED) is 0.692. The number of rotatable bonds is 5. The van der Waals surface area contributed by atoms with Gasteiger partial charge in [0, 0.05) is 25.5 Å². The molecule has 0 amide bonds. The molecule has 0 bridgehead atoms. The molecule has 2 heteroatoms. The van der Waals surface area contributed by atoms with Crippen molar-refractivity contribution in [3.05, 3.63) is 65.0 Å². The second-order valence-corrected chi connectivity index (χ2v) is 10.1. The highest BCUT2D eigenvalue weighted by atomic mass is 14.9. The second-order valence-electron chi connectivity index (χ2n) is 10.1. The van der Waals surface area contributed by atoms with E-state index in [1.165, 1.54) is 43.2 Å². The van der Waals surface area contributed by atoms with Crippen molar-refractivity contribution in [2.45, 2.75) is 77.7 Å². The van der Waals surface area contributed by atoms with Gasteiger partial charge in [-0.15, -0.1) is 0 Å². The van der Waals surface area contributed by atoms with Crippen LogP contribution in [0.25, 0.3) is 0 Å². The number of hydrogen-bond donors (Lipinski definition) is 1. The first-order valence-corrected chi connectivity index (χ1v) is 11.2. The van der Waals surface area contributed by atoms with Gasteiger partial charge in [-0.05, 0) is 76.7 Å². The molecule has 0 saturated heterocycles. The lowest BCUT2D eigenvalue weighted by molar-refractivity contribution is 0.0257. The molecular formula is C26H36N2. The van der Waals surface area contributed by atoms with Crippen molar-refractivity contribution in [3.8, 4) is 0 Å². The van der Waals surface area contributed by atoms with Crippen LogP contribution in [0.2, 0.25) is 0 Å². The van der Waals surface area contributed by atoms with Gasteiger partial charge in [-0.1, -0.05) is 58.4 Å². The van der Waals surface area contributed by atoms with E-state index in [9.17, 15) is 0 Å². The van der Waals surface area contributed by atoms with Crippen molar-refractivity contribution in [1.82, 2.24) is 10.3 Å². The molecule has 0 spiro atoms. The summed E-state index contributed by atoms with van der Waals surface area (Å²) in [6, 6.07) is 11.6. The first kappa shape index (κ1) is 19.6. The Labute approximate surface area is 171 Å². The first-order valence-electron chi connectivity index (χ1n) is 11.2. The second kappa shape index (κ2) is 7.63. The molecule has 1 aromatic carbocycles. The molecule has 3 atom stereocenters. The van der Waals surface area contributed by atoms with E-state index in [4.69, 9.17) is 0 Å². The summed E-state index contributed by atoms with van der Waals surface area (Å²) in [6.45, 7) is 11.7. The molecule has 1 saturated carbocycles. The Morgan fingerprint density at radius 3 is 2.79 bits per heavy atom. The van der Waals surface area contributed by atoms with Crippen LogP contribution in [0.15, 0.2) is 42.7 Å². The van der Waals surface area contributed by atoms with Gasteiger partial charge >= 0.3 is 0 Å².